The van der Waals surface area contributed by atoms with Crippen molar-refractivity contribution >= 4 is 0 Å². The lowest BCUT2D eigenvalue weighted by molar-refractivity contribution is 0.161. The molecule has 4 nitrogen and oxygen atoms in total. The van der Waals surface area contributed by atoms with E-state index in [0.717, 1.165) is 24.9 Å². The average Bonchev–Trinajstić information content (AvgIpc) is 2.42. The molecule has 0 saturated heterocycles. The number of methoxy groups -OCH3 is 1. The number of aliphatic hydroxyl groups is 1. The summed E-state index contributed by atoms with van der Waals surface area (Å²) >= 11 is 0. The first-order chi connectivity index (χ1) is 8.80. The highest BCUT2D eigenvalue weighted by atomic mass is 16.5. The van der Waals surface area contributed by atoms with Gasteiger partial charge in [-0.25, -0.2) is 0 Å². The van der Waals surface area contributed by atoms with Crippen LogP contribution in [-0.2, 0) is 17.9 Å². The van der Waals surface area contributed by atoms with Gasteiger partial charge in [0.2, 0.25) is 0 Å². The summed E-state index contributed by atoms with van der Waals surface area (Å²) in [6.07, 6.45) is 2.03. The van der Waals surface area contributed by atoms with E-state index in [-0.39, 0.29) is 6.61 Å². The lowest BCUT2D eigenvalue weighted by Gasteiger charge is -2.17. The van der Waals surface area contributed by atoms with Gasteiger partial charge in [-0.3, -0.25) is 0 Å². The molecule has 0 heterocycles. The highest BCUT2D eigenvalue weighted by molar-refractivity contribution is 5.21. The Balaban J connectivity index is 2.39. The number of hydrogen-bond donors (Lipinski definition) is 3. The summed E-state index contributed by atoms with van der Waals surface area (Å²) in [5.41, 5.74) is 7.67. The summed E-state index contributed by atoms with van der Waals surface area (Å²) in [4.78, 5) is 0. The lowest BCUT2D eigenvalue weighted by atomic mass is 10.1. The van der Waals surface area contributed by atoms with Crippen molar-refractivity contribution in [1.82, 2.24) is 5.32 Å². The maximum absolute atomic E-state index is 8.97. The minimum absolute atomic E-state index is 0.0938. The first-order valence-corrected chi connectivity index (χ1v) is 6.41. The number of ether oxygens (including phenoxy) is 1. The maximum atomic E-state index is 8.97. The van der Waals surface area contributed by atoms with Gasteiger partial charge in [-0.15, -0.1) is 0 Å². The molecule has 0 saturated carbocycles. The van der Waals surface area contributed by atoms with E-state index in [1.54, 1.807) is 7.11 Å². The summed E-state index contributed by atoms with van der Waals surface area (Å²) in [6.45, 7) is 2.32. The van der Waals surface area contributed by atoms with Gasteiger partial charge < -0.3 is 20.9 Å². The van der Waals surface area contributed by atoms with E-state index >= 15 is 0 Å². The molecule has 0 fully saturated rings. The number of aliphatic hydroxyl groups excluding tert-OH is 1. The van der Waals surface area contributed by atoms with E-state index in [0.29, 0.717) is 19.2 Å². The largest absolute Gasteiger partial charge is 0.392 e. The summed E-state index contributed by atoms with van der Waals surface area (Å²) in [6, 6.07) is 8.30. The zero-order valence-corrected chi connectivity index (χ0v) is 11.1. The molecule has 0 aliphatic carbocycles. The summed E-state index contributed by atoms with van der Waals surface area (Å²) in [7, 11) is 1.72. The third-order valence-corrected chi connectivity index (χ3v) is 2.92. The van der Waals surface area contributed by atoms with E-state index in [1.165, 1.54) is 5.56 Å². The van der Waals surface area contributed by atoms with Crippen LogP contribution in [0.2, 0.25) is 0 Å². The molecule has 1 unspecified atom stereocenters. The second kappa shape index (κ2) is 9.05. The molecule has 4 N–H and O–H groups in total. The molecule has 0 radical (unpaired) electrons. The molecule has 0 aromatic heterocycles. The standard InChI is InChI=1S/C14H24N2O2/c1-18-11-14(3-2-8-15)16-9-12-4-6-13(10-17)7-5-12/h4-7,14,16-17H,2-3,8-11,15H2,1H3. The quantitative estimate of drug-likeness (QED) is 0.614. The predicted octanol–water partition coefficient (Wildman–Crippen LogP) is 1.02. The summed E-state index contributed by atoms with van der Waals surface area (Å²) in [5, 5.41) is 12.4. The van der Waals surface area contributed by atoms with Crippen molar-refractivity contribution in [2.75, 3.05) is 20.3 Å². The van der Waals surface area contributed by atoms with Gasteiger partial charge in [0.1, 0.15) is 0 Å². The second-order valence-electron chi connectivity index (χ2n) is 4.44. The molecule has 1 aromatic carbocycles. The fraction of sp³-hybridized carbons (Fsp3) is 0.571. The van der Waals surface area contributed by atoms with Crippen LogP contribution in [0.25, 0.3) is 0 Å². The van der Waals surface area contributed by atoms with Crippen LogP contribution in [0.1, 0.15) is 24.0 Å². The minimum atomic E-state index is 0.0938. The van der Waals surface area contributed by atoms with E-state index in [9.17, 15) is 0 Å². The van der Waals surface area contributed by atoms with E-state index < -0.39 is 0 Å². The van der Waals surface area contributed by atoms with Crippen LogP contribution in [0.4, 0.5) is 0 Å². The third-order valence-electron chi connectivity index (χ3n) is 2.92. The van der Waals surface area contributed by atoms with Crippen LogP contribution >= 0.6 is 0 Å². The molecule has 18 heavy (non-hydrogen) atoms. The Morgan fingerprint density at radius 2 is 1.94 bits per heavy atom. The number of benzene rings is 1. The molecule has 1 rings (SSSR count). The van der Waals surface area contributed by atoms with Crippen molar-refractivity contribution in [3.63, 3.8) is 0 Å². The van der Waals surface area contributed by atoms with Crippen LogP contribution in [0.5, 0.6) is 0 Å². The summed E-state index contributed by atoms with van der Waals surface area (Å²) in [5.74, 6) is 0. The molecule has 1 aromatic rings. The van der Waals surface area contributed by atoms with E-state index in [4.69, 9.17) is 15.6 Å². The van der Waals surface area contributed by atoms with E-state index in [1.807, 2.05) is 24.3 Å². The van der Waals surface area contributed by atoms with Crippen molar-refractivity contribution in [2.24, 2.45) is 5.73 Å². The van der Waals surface area contributed by atoms with Crippen molar-refractivity contribution in [3.8, 4) is 0 Å². The molecular formula is C14H24N2O2. The molecule has 0 spiro atoms. The lowest BCUT2D eigenvalue weighted by Crippen LogP contribution is -2.33. The normalized spacial score (nSPS) is 12.6. The van der Waals surface area contributed by atoms with Gasteiger partial charge in [0.25, 0.3) is 0 Å². The van der Waals surface area contributed by atoms with Gasteiger partial charge in [0.05, 0.1) is 13.2 Å². The predicted molar refractivity (Wildman–Crippen MR) is 73.2 cm³/mol. The SMILES string of the molecule is COCC(CCCN)NCc1ccc(CO)cc1. The van der Waals surface area contributed by atoms with Crippen LogP contribution in [0.3, 0.4) is 0 Å². The Kier molecular flexibility index (Phi) is 7.60. The van der Waals surface area contributed by atoms with Crippen molar-refractivity contribution in [1.29, 1.82) is 0 Å². The van der Waals surface area contributed by atoms with E-state index in [2.05, 4.69) is 5.32 Å². The fourth-order valence-corrected chi connectivity index (χ4v) is 1.83. The summed E-state index contributed by atoms with van der Waals surface area (Å²) < 4.78 is 5.19. The minimum Gasteiger partial charge on any atom is -0.392 e. The molecule has 4 heteroatoms. The number of hydrogen-bond acceptors (Lipinski definition) is 4. The third kappa shape index (κ3) is 5.60. The number of nitrogens with one attached hydrogen (secondary N) is 1. The Morgan fingerprint density at radius 1 is 1.28 bits per heavy atom. The maximum Gasteiger partial charge on any atom is 0.0681 e. The Morgan fingerprint density at radius 3 is 2.50 bits per heavy atom. The van der Waals surface area contributed by atoms with Crippen molar-refractivity contribution < 1.29 is 9.84 Å². The highest BCUT2D eigenvalue weighted by Crippen LogP contribution is 2.05. The molecule has 0 bridgehead atoms. The van der Waals surface area contributed by atoms with Gasteiger partial charge in [-0.2, -0.15) is 0 Å². The Bertz CT molecular complexity index is 314. The molecular weight excluding hydrogens is 228 g/mol. The fourth-order valence-electron chi connectivity index (χ4n) is 1.83. The van der Waals surface area contributed by atoms with Crippen LogP contribution in [0, 0.1) is 0 Å². The molecule has 0 aliphatic rings. The van der Waals surface area contributed by atoms with Crippen molar-refractivity contribution in [2.45, 2.75) is 32.0 Å². The molecule has 102 valence electrons. The zero-order valence-electron chi connectivity index (χ0n) is 11.1. The van der Waals surface area contributed by atoms with Gasteiger partial charge in [-0.05, 0) is 30.5 Å². The van der Waals surface area contributed by atoms with Gasteiger partial charge in [-0.1, -0.05) is 24.3 Å². The topological polar surface area (TPSA) is 67.5 Å². The Hall–Kier alpha value is -0.940. The molecule has 0 aliphatic heterocycles. The number of nitrogens with two attached hydrogens (primary N) is 1. The van der Waals surface area contributed by atoms with Gasteiger partial charge in [0, 0.05) is 19.7 Å². The first kappa shape index (κ1) is 15.1. The average molecular weight is 252 g/mol. The monoisotopic (exact) mass is 252 g/mol. The van der Waals surface area contributed by atoms with Crippen LogP contribution < -0.4 is 11.1 Å². The molecule has 0 amide bonds. The molecule has 1 atom stereocenters. The smallest absolute Gasteiger partial charge is 0.0681 e. The number of rotatable bonds is 9. The first-order valence-electron chi connectivity index (χ1n) is 6.41. The highest BCUT2D eigenvalue weighted by Gasteiger charge is 2.07. The van der Waals surface area contributed by atoms with Gasteiger partial charge >= 0.3 is 0 Å². The van der Waals surface area contributed by atoms with Crippen LogP contribution in [-0.4, -0.2) is 31.4 Å². The zero-order chi connectivity index (χ0) is 13.2. The van der Waals surface area contributed by atoms with Crippen LogP contribution in [0.15, 0.2) is 24.3 Å². The second-order valence-corrected chi connectivity index (χ2v) is 4.44. The van der Waals surface area contributed by atoms with Gasteiger partial charge in [0.15, 0.2) is 0 Å². The Labute approximate surface area is 109 Å². The van der Waals surface area contributed by atoms with Crippen molar-refractivity contribution in [3.05, 3.63) is 35.4 Å².